The van der Waals surface area contributed by atoms with Gasteiger partial charge in [-0.25, -0.2) is 0 Å². The summed E-state index contributed by atoms with van der Waals surface area (Å²) in [5, 5.41) is 3.44. The molecule has 1 aliphatic carbocycles. The van der Waals surface area contributed by atoms with Crippen LogP contribution in [0.15, 0.2) is 22.7 Å². The second-order valence-corrected chi connectivity index (χ2v) is 5.63. The molecule has 100 valence electrons. The van der Waals surface area contributed by atoms with Crippen molar-refractivity contribution in [3.63, 3.8) is 0 Å². The van der Waals surface area contributed by atoms with Gasteiger partial charge in [0.1, 0.15) is 0 Å². The summed E-state index contributed by atoms with van der Waals surface area (Å²) in [5.41, 5.74) is 6.50. The zero-order chi connectivity index (χ0) is 12.4. The highest BCUT2D eigenvalue weighted by Crippen LogP contribution is 2.31. The van der Waals surface area contributed by atoms with Crippen LogP contribution in [0, 0.1) is 5.92 Å². The van der Waals surface area contributed by atoms with E-state index in [1.807, 2.05) is 0 Å². The van der Waals surface area contributed by atoms with Crippen molar-refractivity contribution in [2.45, 2.75) is 18.9 Å². The Kier molecular flexibility index (Phi) is 5.92. The lowest BCUT2D eigenvalue weighted by atomic mass is 10.2. The predicted molar refractivity (Wildman–Crippen MR) is 79.4 cm³/mol. The Labute approximate surface area is 126 Å². The van der Waals surface area contributed by atoms with Gasteiger partial charge in [0, 0.05) is 22.1 Å². The molecule has 0 aliphatic heterocycles. The van der Waals surface area contributed by atoms with Gasteiger partial charge in [-0.3, -0.25) is 4.79 Å². The molecule has 2 rings (SSSR count). The molecular formula is C12H15BrCl2N2O. The minimum Gasteiger partial charge on any atom is -0.350 e. The summed E-state index contributed by atoms with van der Waals surface area (Å²) in [4.78, 5) is 11.9. The normalized spacial score (nSPS) is 15.7. The lowest BCUT2D eigenvalue weighted by Gasteiger charge is -2.12. The Balaban J connectivity index is 0.00000162. The largest absolute Gasteiger partial charge is 0.350 e. The molecule has 3 N–H and O–H groups in total. The molecule has 0 heterocycles. The van der Waals surface area contributed by atoms with E-state index in [9.17, 15) is 4.79 Å². The van der Waals surface area contributed by atoms with Crippen molar-refractivity contribution in [1.82, 2.24) is 5.32 Å². The number of carbonyl (C=O) groups is 1. The molecule has 1 aromatic rings. The molecule has 1 fully saturated rings. The number of nitrogens with two attached hydrogens (primary N) is 1. The molecule has 1 aromatic carbocycles. The van der Waals surface area contributed by atoms with Gasteiger partial charge in [0.25, 0.3) is 5.91 Å². The summed E-state index contributed by atoms with van der Waals surface area (Å²) in [5.74, 6) is 0.466. The molecule has 1 aliphatic rings. The molecule has 6 heteroatoms. The van der Waals surface area contributed by atoms with Crippen LogP contribution in [0.25, 0.3) is 0 Å². The van der Waals surface area contributed by atoms with E-state index in [1.54, 1.807) is 18.2 Å². The smallest absolute Gasteiger partial charge is 0.252 e. The van der Waals surface area contributed by atoms with Crippen LogP contribution in [0.1, 0.15) is 23.2 Å². The van der Waals surface area contributed by atoms with Gasteiger partial charge in [-0.1, -0.05) is 11.6 Å². The van der Waals surface area contributed by atoms with Crippen molar-refractivity contribution in [3.05, 3.63) is 33.3 Å². The third-order valence-corrected chi connectivity index (χ3v) is 3.79. The van der Waals surface area contributed by atoms with Gasteiger partial charge in [-0.15, -0.1) is 12.4 Å². The van der Waals surface area contributed by atoms with E-state index in [4.69, 9.17) is 17.3 Å². The fourth-order valence-electron chi connectivity index (χ4n) is 1.67. The third-order valence-electron chi connectivity index (χ3n) is 2.90. The maximum absolute atomic E-state index is 11.9. The van der Waals surface area contributed by atoms with Crippen molar-refractivity contribution in [3.8, 4) is 0 Å². The van der Waals surface area contributed by atoms with Crippen LogP contribution in [-0.4, -0.2) is 18.5 Å². The first-order valence-electron chi connectivity index (χ1n) is 5.57. The molecule has 3 nitrogen and oxygen atoms in total. The Morgan fingerprint density at radius 3 is 2.78 bits per heavy atom. The van der Waals surface area contributed by atoms with Gasteiger partial charge >= 0.3 is 0 Å². The molecule has 0 radical (unpaired) electrons. The van der Waals surface area contributed by atoms with E-state index >= 15 is 0 Å². The van der Waals surface area contributed by atoms with E-state index < -0.39 is 0 Å². The number of rotatable bonds is 4. The maximum atomic E-state index is 11.9. The minimum atomic E-state index is -0.121. The zero-order valence-electron chi connectivity index (χ0n) is 9.66. The first-order valence-corrected chi connectivity index (χ1v) is 6.74. The van der Waals surface area contributed by atoms with Gasteiger partial charge < -0.3 is 11.1 Å². The van der Waals surface area contributed by atoms with Gasteiger partial charge in [0.2, 0.25) is 0 Å². The van der Waals surface area contributed by atoms with Gasteiger partial charge in [-0.05, 0) is 52.9 Å². The van der Waals surface area contributed by atoms with Crippen LogP contribution in [0.5, 0.6) is 0 Å². The monoisotopic (exact) mass is 352 g/mol. The summed E-state index contributed by atoms with van der Waals surface area (Å²) >= 11 is 9.14. The molecule has 1 saturated carbocycles. The SMILES string of the molecule is Cl.NC(CNC(=O)c1ccc(Cl)cc1Br)C1CC1. The fourth-order valence-corrected chi connectivity index (χ4v) is 2.53. The van der Waals surface area contributed by atoms with Crippen LogP contribution in [-0.2, 0) is 0 Å². The number of nitrogens with one attached hydrogen (secondary N) is 1. The maximum Gasteiger partial charge on any atom is 0.252 e. The van der Waals surface area contributed by atoms with Crippen LogP contribution >= 0.6 is 39.9 Å². The first-order chi connectivity index (χ1) is 8.08. The molecule has 0 bridgehead atoms. The average molecular weight is 354 g/mol. The number of carbonyl (C=O) groups excluding carboxylic acids is 1. The lowest BCUT2D eigenvalue weighted by Crippen LogP contribution is -2.38. The number of benzene rings is 1. The van der Waals surface area contributed by atoms with Crippen molar-refractivity contribution in [2.75, 3.05) is 6.54 Å². The van der Waals surface area contributed by atoms with E-state index in [1.165, 1.54) is 12.8 Å². The van der Waals surface area contributed by atoms with E-state index in [2.05, 4.69) is 21.2 Å². The quantitative estimate of drug-likeness (QED) is 0.874. The average Bonchev–Trinajstić information content (AvgIpc) is 3.09. The molecule has 0 spiro atoms. The third kappa shape index (κ3) is 4.12. The van der Waals surface area contributed by atoms with E-state index in [0.717, 1.165) is 0 Å². The van der Waals surface area contributed by atoms with Crippen molar-refractivity contribution < 1.29 is 4.79 Å². The lowest BCUT2D eigenvalue weighted by molar-refractivity contribution is 0.0949. The van der Waals surface area contributed by atoms with Crippen LogP contribution in [0.3, 0.4) is 0 Å². The summed E-state index contributed by atoms with van der Waals surface area (Å²) in [6.07, 6.45) is 2.36. The van der Waals surface area contributed by atoms with E-state index in [0.29, 0.717) is 27.5 Å². The Morgan fingerprint density at radius 1 is 1.56 bits per heavy atom. The van der Waals surface area contributed by atoms with Gasteiger partial charge in [-0.2, -0.15) is 0 Å². The van der Waals surface area contributed by atoms with E-state index in [-0.39, 0.29) is 24.4 Å². The standard InChI is InChI=1S/C12H14BrClN2O.ClH/c13-10-5-8(14)3-4-9(10)12(17)16-6-11(15)7-1-2-7;/h3-5,7,11H,1-2,6,15H2,(H,16,17);1H. The zero-order valence-corrected chi connectivity index (χ0v) is 12.8. The van der Waals surface area contributed by atoms with Gasteiger partial charge in [0.05, 0.1) is 5.56 Å². The molecule has 1 unspecified atom stereocenters. The van der Waals surface area contributed by atoms with Crippen LogP contribution in [0.4, 0.5) is 0 Å². The summed E-state index contributed by atoms with van der Waals surface area (Å²) < 4.78 is 0.697. The Bertz CT molecular complexity index is 438. The minimum absolute atomic E-state index is 0. The molecule has 18 heavy (non-hydrogen) atoms. The van der Waals surface area contributed by atoms with Crippen LogP contribution < -0.4 is 11.1 Å². The predicted octanol–water partition coefficient (Wildman–Crippen LogP) is 2.99. The second kappa shape index (κ2) is 6.75. The molecule has 1 amide bonds. The number of hydrogen-bond acceptors (Lipinski definition) is 2. The summed E-state index contributed by atoms with van der Waals surface area (Å²) in [6, 6.07) is 5.18. The Morgan fingerprint density at radius 2 is 2.22 bits per heavy atom. The Hall–Kier alpha value is -0.290. The summed E-state index contributed by atoms with van der Waals surface area (Å²) in [7, 11) is 0. The highest BCUT2D eigenvalue weighted by molar-refractivity contribution is 9.10. The van der Waals surface area contributed by atoms with Gasteiger partial charge in [0.15, 0.2) is 0 Å². The molecule has 0 aromatic heterocycles. The van der Waals surface area contributed by atoms with Crippen molar-refractivity contribution in [1.29, 1.82) is 0 Å². The molecular weight excluding hydrogens is 339 g/mol. The fraction of sp³-hybridized carbons (Fsp3) is 0.417. The van der Waals surface area contributed by atoms with Crippen molar-refractivity contribution >= 4 is 45.8 Å². The summed E-state index contributed by atoms with van der Waals surface area (Å²) in [6.45, 7) is 0.526. The second-order valence-electron chi connectivity index (χ2n) is 4.34. The van der Waals surface area contributed by atoms with Crippen LogP contribution in [0.2, 0.25) is 5.02 Å². The van der Waals surface area contributed by atoms with Crippen molar-refractivity contribution in [2.24, 2.45) is 11.7 Å². The number of amides is 1. The number of hydrogen-bond donors (Lipinski definition) is 2. The topological polar surface area (TPSA) is 55.1 Å². The molecule has 1 atom stereocenters. The highest BCUT2D eigenvalue weighted by Gasteiger charge is 2.28. The number of halogens is 3. The molecule has 0 saturated heterocycles. The highest BCUT2D eigenvalue weighted by atomic mass is 79.9. The first kappa shape index (κ1) is 15.8.